The van der Waals surface area contributed by atoms with Crippen LogP contribution >= 0.6 is 0 Å². The highest BCUT2D eigenvalue weighted by molar-refractivity contribution is 5.96. The largest absolute Gasteiger partial charge is 0.384 e. The van der Waals surface area contributed by atoms with E-state index in [2.05, 4.69) is 29.8 Å². The standard InChI is InChI=1S/C14H22N4/c1-11-9-17(2)7-8-18(11)10-12-5-3-4-6-13(12)14(15)16/h3-6,11H,7-10H2,1-2H3,(H3,15,16). The number of nitrogens with two attached hydrogens (primary N) is 1. The van der Waals surface area contributed by atoms with Gasteiger partial charge in [0, 0.05) is 37.8 Å². The summed E-state index contributed by atoms with van der Waals surface area (Å²) in [5.41, 5.74) is 7.65. The molecule has 1 heterocycles. The Labute approximate surface area is 109 Å². The van der Waals surface area contributed by atoms with Gasteiger partial charge in [0.1, 0.15) is 5.84 Å². The van der Waals surface area contributed by atoms with Gasteiger partial charge in [0.25, 0.3) is 0 Å². The van der Waals surface area contributed by atoms with Crippen LogP contribution in [0.15, 0.2) is 24.3 Å². The Kier molecular flexibility index (Phi) is 3.99. The summed E-state index contributed by atoms with van der Waals surface area (Å²) in [6.07, 6.45) is 0. The maximum atomic E-state index is 7.63. The summed E-state index contributed by atoms with van der Waals surface area (Å²) in [5.74, 6) is 0.160. The lowest BCUT2D eigenvalue weighted by molar-refractivity contribution is 0.0938. The first-order chi connectivity index (χ1) is 8.58. The molecule has 1 aliphatic heterocycles. The van der Waals surface area contributed by atoms with E-state index >= 15 is 0 Å². The molecule has 0 radical (unpaired) electrons. The predicted octanol–water partition coefficient (Wildman–Crippen LogP) is 1.11. The zero-order chi connectivity index (χ0) is 13.1. The Bertz CT molecular complexity index is 430. The topological polar surface area (TPSA) is 56.4 Å². The molecule has 0 amide bonds. The number of nitrogens with zero attached hydrogens (tertiary/aromatic N) is 2. The SMILES string of the molecule is CC1CN(C)CCN1Cc1ccccc1C(=N)N. The number of benzene rings is 1. The molecule has 2 rings (SSSR count). The summed E-state index contributed by atoms with van der Waals surface area (Å²) < 4.78 is 0. The van der Waals surface area contributed by atoms with Gasteiger partial charge in [-0.25, -0.2) is 0 Å². The van der Waals surface area contributed by atoms with Crippen LogP contribution in [0.5, 0.6) is 0 Å². The van der Waals surface area contributed by atoms with Gasteiger partial charge in [-0.05, 0) is 19.5 Å². The number of piperazine rings is 1. The molecule has 1 fully saturated rings. The molecule has 1 aromatic carbocycles. The molecule has 1 aliphatic rings. The zero-order valence-electron chi connectivity index (χ0n) is 11.2. The van der Waals surface area contributed by atoms with Crippen molar-refractivity contribution < 1.29 is 0 Å². The highest BCUT2D eigenvalue weighted by atomic mass is 15.3. The van der Waals surface area contributed by atoms with Gasteiger partial charge in [-0.1, -0.05) is 24.3 Å². The third-order valence-corrected chi connectivity index (χ3v) is 3.65. The molecule has 0 spiro atoms. The van der Waals surface area contributed by atoms with Gasteiger partial charge in [-0.15, -0.1) is 0 Å². The van der Waals surface area contributed by atoms with E-state index in [9.17, 15) is 0 Å². The molecule has 18 heavy (non-hydrogen) atoms. The van der Waals surface area contributed by atoms with Crippen LogP contribution in [-0.2, 0) is 6.54 Å². The maximum Gasteiger partial charge on any atom is 0.123 e. The zero-order valence-corrected chi connectivity index (χ0v) is 11.2. The Balaban J connectivity index is 2.12. The first kappa shape index (κ1) is 13.1. The average Bonchev–Trinajstić information content (AvgIpc) is 2.33. The summed E-state index contributed by atoms with van der Waals surface area (Å²) in [6, 6.07) is 8.50. The van der Waals surface area contributed by atoms with Gasteiger partial charge in [0.05, 0.1) is 0 Å². The summed E-state index contributed by atoms with van der Waals surface area (Å²) in [6.45, 7) is 6.41. The smallest absolute Gasteiger partial charge is 0.123 e. The molecular formula is C14H22N4. The van der Waals surface area contributed by atoms with Gasteiger partial charge in [0.2, 0.25) is 0 Å². The van der Waals surface area contributed by atoms with E-state index in [0.717, 1.165) is 37.3 Å². The third kappa shape index (κ3) is 2.89. The van der Waals surface area contributed by atoms with Crippen molar-refractivity contribution in [2.45, 2.75) is 19.5 Å². The molecule has 0 bridgehead atoms. The molecule has 4 nitrogen and oxygen atoms in total. The Morgan fingerprint density at radius 2 is 2.11 bits per heavy atom. The van der Waals surface area contributed by atoms with Crippen molar-refractivity contribution in [3.8, 4) is 0 Å². The molecule has 0 aromatic heterocycles. The van der Waals surface area contributed by atoms with Crippen LogP contribution in [0.4, 0.5) is 0 Å². The van der Waals surface area contributed by atoms with E-state index < -0.39 is 0 Å². The van der Waals surface area contributed by atoms with Crippen molar-refractivity contribution in [2.24, 2.45) is 5.73 Å². The first-order valence-electron chi connectivity index (χ1n) is 6.43. The van der Waals surface area contributed by atoms with Gasteiger partial charge in [0.15, 0.2) is 0 Å². The molecule has 4 heteroatoms. The summed E-state index contributed by atoms with van der Waals surface area (Å²) in [7, 11) is 2.16. The fourth-order valence-corrected chi connectivity index (χ4v) is 2.55. The molecule has 0 saturated carbocycles. The van der Waals surface area contributed by atoms with Gasteiger partial charge < -0.3 is 10.6 Å². The van der Waals surface area contributed by atoms with E-state index in [-0.39, 0.29) is 5.84 Å². The molecule has 3 N–H and O–H groups in total. The predicted molar refractivity (Wildman–Crippen MR) is 74.8 cm³/mol. The van der Waals surface area contributed by atoms with E-state index in [1.807, 2.05) is 18.2 Å². The van der Waals surface area contributed by atoms with Crippen LogP contribution in [0.2, 0.25) is 0 Å². The second-order valence-corrected chi connectivity index (χ2v) is 5.15. The van der Waals surface area contributed by atoms with Crippen LogP contribution in [0.1, 0.15) is 18.1 Å². The molecule has 1 unspecified atom stereocenters. The quantitative estimate of drug-likeness (QED) is 0.620. The first-order valence-corrected chi connectivity index (χ1v) is 6.43. The highest BCUT2D eigenvalue weighted by Crippen LogP contribution is 2.15. The summed E-state index contributed by atoms with van der Waals surface area (Å²) in [5, 5.41) is 7.63. The van der Waals surface area contributed by atoms with Crippen LogP contribution in [0.25, 0.3) is 0 Å². The third-order valence-electron chi connectivity index (χ3n) is 3.65. The van der Waals surface area contributed by atoms with Crippen molar-refractivity contribution in [2.75, 3.05) is 26.7 Å². The number of amidine groups is 1. The van der Waals surface area contributed by atoms with E-state index in [1.165, 1.54) is 0 Å². The number of hydrogen-bond donors (Lipinski definition) is 2. The van der Waals surface area contributed by atoms with Crippen molar-refractivity contribution in [1.82, 2.24) is 9.80 Å². The maximum absolute atomic E-state index is 7.63. The minimum absolute atomic E-state index is 0.160. The van der Waals surface area contributed by atoms with Gasteiger partial charge >= 0.3 is 0 Å². The minimum Gasteiger partial charge on any atom is -0.384 e. The number of nitrogens with one attached hydrogen (secondary N) is 1. The second-order valence-electron chi connectivity index (χ2n) is 5.15. The highest BCUT2D eigenvalue weighted by Gasteiger charge is 2.22. The second kappa shape index (κ2) is 5.50. The number of hydrogen-bond acceptors (Lipinski definition) is 3. The molecule has 98 valence electrons. The van der Waals surface area contributed by atoms with E-state index in [0.29, 0.717) is 6.04 Å². The Morgan fingerprint density at radius 1 is 1.39 bits per heavy atom. The monoisotopic (exact) mass is 246 g/mol. The van der Waals surface area contributed by atoms with Crippen molar-refractivity contribution in [1.29, 1.82) is 5.41 Å². The van der Waals surface area contributed by atoms with Crippen LogP contribution < -0.4 is 5.73 Å². The van der Waals surface area contributed by atoms with Crippen LogP contribution in [0.3, 0.4) is 0 Å². The van der Waals surface area contributed by atoms with Crippen molar-refractivity contribution >= 4 is 5.84 Å². The number of rotatable bonds is 3. The van der Waals surface area contributed by atoms with Gasteiger partial charge in [-0.3, -0.25) is 10.3 Å². The Hall–Kier alpha value is -1.39. The fraction of sp³-hybridized carbons (Fsp3) is 0.500. The van der Waals surface area contributed by atoms with Crippen LogP contribution in [-0.4, -0.2) is 48.4 Å². The molecule has 1 saturated heterocycles. The molecule has 1 atom stereocenters. The van der Waals surface area contributed by atoms with E-state index in [4.69, 9.17) is 11.1 Å². The average molecular weight is 246 g/mol. The van der Waals surface area contributed by atoms with Crippen molar-refractivity contribution in [3.63, 3.8) is 0 Å². The number of likely N-dealkylation sites (N-methyl/N-ethyl adjacent to an activating group) is 1. The summed E-state index contributed by atoms with van der Waals surface area (Å²) in [4.78, 5) is 4.82. The Morgan fingerprint density at radius 3 is 2.78 bits per heavy atom. The molecular weight excluding hydrogens is 224 g/mol. The molecule has 1 aromatic rings. The summed E-state index contributed by atoms with van der Waals surface area (Å²) >= 11 is 0. The lowest BCUT2D eigenvalue weighted by Crippen LogP contribution is -2.49. The minimum atomic E-state index is 0.160. The van der Waals surface area contributed by atoms with E-state index in [1.54, 1.807) is 0 Å². The number of nitrogen functional groups attached to an aromatic ring is 1. The van der Waals surface area contributed by atoms with Crippen molar-refractivity contribution in [3.05, 3.63) is 35.4 Å². The van der Waals surface area contributed by atoms with Gasteiger partial charge in [-0.2, -0.15) is 0 Å². The lowest BCUT2D eigenvalue weighted by Gasteiger charge is -2.38. The molecule has 0 aliphatic carbocycles. The van der Waals surface area contributed by atoms with Crippen LogP contribution in [0, 0.1) is 5.41 Å². The fourth-order valence-electron chi connectivity index (χ4n) is 2.55. The normalized spacial score (nSPS) is 22.0. The lowest BCUT2D eigenvalue weighted by atomic mass is 10.0.